The summed E-state index contributed by atoms with van der Waals surface area (Å²) in [7, 11) is 0. The Hall–Kier alpha value is -3.32. The molecule has 7 nitrogen and oxygen atoms in total. The molecule has 0 unspecified atom stereocenters. The Labute approximate surface area is 153 Å². The van der Waals surface area contributed by atoms with Crippen LogP contribution in [0.3, 0.4) is 0 Å². The van der Waals surface area contributed by atoms with Gasteiger partial charge in [-0.1, -0.05) is 11.6 Å². The second kappa shape index (κ2) is 6.20. The van der Waals surface area contributed by atoms with Gasteiger partial charge < -0.3 is 10.6 Å². The van der Waals surface area contributed by atoms with Gasteiger partial charge in [-0.15, -0.1) is 0 Å². The molecule has 0 atom stereocenters. The minimum Gasteiger partial charge on any atom is -0.361 e. The first kappa shape index (κ1) is 16.2. The summed E-state index contributed by atoms with van der Waals surface area (Å²) in [5.41, 5.74) is 3.50. The molecule has 8 heteroatoms. The van der Waals surface area contributed by atoms with E-state index < -0.39 is 0 Å². The van der Waals surface area contributed by atoms with E-state index in [1.54, 1.807) is 23.0 Å². The lowest BCUT2D eigenvalue weighted by atomic mass is 10.1. The predicted molar refractivity (Wildman–Crippen MR) is 101 cm³/mol. The van der Waals surface area contributed by atoms with Gasteiger partial charge in [0.2, 0.25) is 0 Å². The topological polar surface area (TPSA) is 91.8 Å². The Morgan fingerprint density at radius 1 is 1.15 bits per heavy atom. The highest BCUT2D eigenvalue weighted by molar-refractivity contribution is 6.33. The number of fused-ring (bicyclic) bond motifs is 1. The number of rotatable bonds is 3. The zero-order valence-corrected chi connectivity index (χ0v) is 14.5. The highest BCUT2D eigenvalue weighted by Crippen LogP contribution is 2.31. The van der Waals surface area contributed by atoms with Gasteiger partial charge in [-0.3, -0.25) is 19.4 Å². The zero-order chi connectivity index (χ0) is 18.3. The molecule has 1 aliphatic rings. The molecule has 0 saturated carbocycles. The number of aromatic amines is 1. The van der Waals surface area contributed by atoms with Crippen molar-refractivity contribution in [1.82, 2.24) is 14.8 Å². The maximum absolute atomic E-state index is 12.1. The molecule has 1 aromatic carbocycles. The first-order chi connectivity index (χ1) is 12.5. The average Bonchev–Trinajstić information content (AvgIpc) is 3.11. The van der Waals surface area contributed by atoms with Crippen molar-refractivity contribution in [3.05, 3.63) is 75.4 Å². The van der Waals surface area contributed by atoms with Crippen LogP contribution in [-0.4, -0.2) is 20.7 Å². The molecule has 0 bridgehead atoms. The number of nitrogens with one attached hydrogen (secondary N) is 3. The van der Waals surface area contributed by atoms with Gasteiger partial charge in [0.05, 0.1) is 11.3 Å². The third-order valence-corrected chi connectivity index (χ3v) is 4.26. The Morgan fingerprint density at radius 3 is 2.62 bits per heavy atom. The number of H-pyrrole nitrogens is 1. The smallest absolute Gasteiger partial charge is 0.264 e. The number of nitrogens with zero attached hydrogens (tertiary/aromatic N) is 2. The maximum Gasteiger partial charge on any atom is 0.264 e. The van der Waals surface area contributed by atoms with E-state index in [0.717, 1.165) is 17.1 Å². The SMILES string of the molecule is Cc1cc(=O)[nH]n1-c1ccc(N/C=C2\C(=O)Nc3nc(Cl)ccc32)cc1. The van der Waals surface area contributed by atoms with E-state index >= 15 is 0 Å². The van der Waals surface area contributed by atoms with Crippen molar-refractivity contribution in [3.8, 4) is 5.69 Å². The number of pyridine rings is 1. The summed E-state index contributed by atoms with van der Waals surface area (Å²) in [4.78, 5) is 27.6. The molecule has 3 heterocycles. The number of carbonyl (C=O) groups excluding carboxylic acids is 1. The van der Waals surface area contributed by atoms with E-state index in [-0.39, 0.29) is 11.5 Å². The molecule has 3 aromatic rings. The lowest BCUT2D eigenvalue weighted by molar-refractivity contribution is -0.110. The van der Waals surface area contributed by atoms with E-state index in [1.807, 2.05) is 31.2 Å². The number of benzene rings is 1. The van der Waals surface area contributed by atoms with Gasteiger partial charge in [-0.2, -0.15) is 0 Å². The molecule has 4 rings (SSSR count). The third kappa shape index (κ3) is 2.89. The van der Waals surface area contributed by atoms with E-state index in [1.165, 1.54) is 6.07 Å². The van der Waals surface area contributed by atoms with Gasteiger partial charge in [0.25, 0.3) is 11.5 Å². The van der Waals surface area contributed by atoms with Gasteiger partial charge in [0, 0.05) is 29.2 Å². The van der Waals surface area contributed by atoms with Crippen LogP contribution in [-0.2, 0) is 4.79 Å². The summed E-state index contributed by atoms with van der Waals surface area (Å²) in [6.45, 7) is 1.85. The van der Waals surface area contributed by atoms with Crippen LogP contribution in [0, 0.1) is 6.92 Å². The molecule has 3 N–H and O–H groups in total. The first-order valence-corrected chi connectivity index (χ1v) is 8.23. The fourth-order valence-electron chi connectivity index (χ4n) is 2.80. The number of anilines is 2. The second-order valence-corrected chi connectivity index (χ2v) is 6.22. The van der Waals surface area contributed by atoms with E-state index in [2.05, 4.69) is 20.7 Å². The van der Waals surface area contributed by atoms with E-state index in [0.29, 0.717) is 22.1 Å². The van der Waals surface area contributed by atoms with Crippen LogP contribution in [0.1, 0.15) is 11.3 Å². The molecule has 2 aromatic heterocycles. The lowest BCUT2D eigenvalue weighted by Crippen LogP contribution is -2.06. The summed E-state index contributed by atoms with van der Waals surface area (Å²) in [5, 5.41) is 8.85. The molecule has 0 saturated heterocycles. The van der Waals surface area contributed by atoms with Gasteiger partial charge in [-0.25, -0.2) is 4.98 Å². The minimum absolute atomic E-state index is 0.144. The third-order valence-electron chi connectivity index (χ3n) is 4.05. The Bertz CT molecular complexity index is 1100. The van der Waals surface area contributed by atoms with Crippen molar-refractivity contribution in [1.29, 1.82) is 0 Å². The number of aryl methyl sites for hydroxylation is 1. The molecule has 0 spiro atoms. The van der Waals surface area contributed by atoms with Crippen LogP contribution in [0.5, 0.6) is 0 Å². The van der Waals surface area contributed by atoms with Crippen molar-refractivity contribution in [2.75, 3.05) is 10.6 Å². The number of hydrogen-bond acceptors (Lipinski definition) is 4. The second-order valence-electron chi connectivity index (χ2n) is 5.83. The normalized spacial score (nSPS) is 14.4. The lowest BCUT2D eigenvalue weighted by Gasteiger charge is -2.07. The maximum atomic E-state index is 12.1. The highest BCUT2D eigenvalue weighted by atomic mass is 35.5. The van der Waals surface area contributed by atoms with Crippen LogP contribution < -0.4 is 16.2 Å². The Kier molecular flexibility index (Phi) is 3.85. The van der Waals surface area contributed by atoms with Crippen LogP contribution in [0.4, 0.5) is 11.5 Å². The van der Waals surface area contributed by atoms with E-state index in [9.17, 15) is 9.59 Å². The summed E-state index contributed by atoms with van der Waals surface area (Å²) in [6.07, 6.45) is 1.63. The van der Waals surface area contributed by atoms with Crippen LogP contribution in [0.15, 0.2) is 53.5 Å². The molecule has 0 radical (unpaired) electrons. The molecule has 0 fully saturated rings. The molecule has 1 aliphatic heterocycles. The number of carbonyl (C=O) groups is 1. The highest BCUT2D eigenvalue weighted by Gasteiger charge is 2.25. The number of halogens is 1. The Morgan fingerprint density at radius 2 is 1.92 bits per heavy atom. The van der Waals surface area contributed by atoms with Crippen molar-refractivity contribution >= 4 is 34.6 Å². The van der Waals surface area contributed by atoms with Gasteiger partial charge in [0.15, 0.2) is 0 Å². The standard InChI is InChI=1S/C18H14ClN5O2/c1-10-8-16(25)23-24(10)12-4-2-11(3-5-12)20-9-14-13-6-7-15(19)21-17(13)22-18(14)26/h2-9,20H,1H3,(H,23,25)(H,21,22,26)/b14-9-. The largest absolute Gasteiger partial charge is 0.361 e. The van der Waals surface area contributed by atoms with Gasteiger partial charge >= 0.3 is 0 Å². The fraction of sp³-hybridized carbons (Fsp3) is 0.0556. The molecule has 0 aliphatic carbocycles. The molecule has 130 valence electrons. The van der Waals surface area contributed by atoms with Crippen molar-refractivity contribution in [2.45, 2.75) is 6.92 Å². The average molecular weight is 368 g/mol. The van der Waals surface area contributed by atoms with E-state index in [4.69, 9.17) is 11.6 Å². The fourth-order valence-corrected chi connectivity index (χ4v) is 2.95. The van der Waals surface area contributed by atoms with Crippen LogP contribution >= 0.6 is 11.6 Å². The Balaban J connectivity index is 1.57. The van der Waals surface area contributed by atoms with Crippen LogP contribution in [0.2, 0.25) is 5.15 Å². The van der Waals surface area contributed by atoms with Crippen molar-refractivity contribution in [2.24, 2.45) is 0 Å². The summed E-state index contributed by atoms with van der Waals surface area (Å²) < 4.78 is 1.71. The molecule has 1 amide bonds. The number of amides is 1. The summed E-state index contributed by atoms with van der Waals surface area (Å²) >= 11 is 5.85. The molecule has 26 heavy (non-hydrogen) atoms. The summed E-state index contributed by atoms with van der Waals surface area (Å²) in [6, 6.07) is 12.4. The number of aromatic nitrogens is 3. The zero-order valence-electron chi connectivity index (χ0n) is 13.7. The molecular weight excluding hydrogens is 354 g/mol. The van der Waals surface area contributed by atoms with Gasteiger partial charge in [-0.05, 0) is 43.3 Å². The molecular formula is C18H14ClN5O2. The van der Waals surface area contributed by atoms with Crippen molar-refractivity contribution in [3.63, 3.8) is 0 Å². The first-order valence-electron chi connectivity index (χ1n) is 7.85. The quantitative estimate of drug-likeness (QED) is 0.490. The minimum atomic E-state index is -0.237. The monoisotopic (exact) mass is 367 g/mol. The van der Waals surface area contributed by atoms with Gasteiger partial charge in [0.1, 0.15) is 11.0 Å². The predicted octanol–water partition coefficient (Wildman–Crippen LogP) is 2.93. The summed E-state index contributed by atoms with van der Waals surface area (Å²) in [5.74, 6) is 0.220. The van der Waals surface area contributed by atoms with Crippen molar-refractivity contribution < 1.29 is 4.79 Å². The van der Waals surface area contributed by atoms with Crippen LogP contribution in [0.25, 0.3) is 11.3 Å². The number of hydrogen-bond donors (Lipinski definition) is 3.